The molecule has 1 heterocycles. The number of aryl methyl sites for hydroxylation is 1. The van der Waals surface area contributed by atoms with Crippen molar-refractivity contribution in [1.82, 2.24) is 15.1 Å². The average molecular weight is 458 g/mol. The van der Waals surface area contributed by atoms with Gasteiger partial charge in [-0.1, -0.05) is 31.2 Å². The van der Waals surface area contributed by atoms with E-state index >= 15 is 0 Å². The molecule has 0 unspecified atom stereocenters. The molecule has 0 bridgehead atoms. The second kappa shape index (κ2) is 11.3. The fourth-order valence-corrected chi connectivity index (χ4v) is 2.89. The Kier molecular flexibility index (Phi) is 9.85. The minimum absolute atomic E-state index is 0. The summed E-state index contributed by atoms with van der Waals surface area (Å²) in [5, 5.41) is 3.37. The van der Waals surface area contributed by atoms with Crippen molar-refractivity contribution < 1.29 is 4.79 Å². The van der Waals surface area contributed by atoms with Crippen LogP contribution in [0.3, 0.4) is 0 Å². The number of nitrogens with one attached hydrogen (secondary N) is 1. The summed E-state index contributed by atoms with van der Waals surface area (Å²) in [5.41, 5.74) is 2.70. The van der Waals surface area contributed by atoms with E-state index in [1.807, 2.05) is 4.90 Å². The number of nitrogens with zero attached hydrogens (tertiary/aromatic N) is 3. The van der Waals surface area contributed by atoms with Gasteiger partial charge in [0.1, 0.15) is 0 Å². The van der Waals surface area contributed by atoms with Crippen molar-refractivity contribution in [2.24, 2.45) is 4.99 Å². The first-order chi connectivity index (χ1) is 11.6. The molecule has 0 aromatic heterocycles. The van der Waals surface area contributed by atoms with E-state index in [-0.39, 0.29) is 29.9 Å². The second-order valence-electron chi connectivity index (χ2n) is 6.15. The maximum absolute atomic E-state index is 11.4. The normalized spacial score (nSPS) is 14.9. The van der Waals surface area contributed by atoms with Crippen LogP contribution in [0.2, 0.25) is 0 Å². The van der Waals surface area contributed by atoms with Crippen LogP contribution in [0.1, 0.15) is 31.9 Å². The van der Waals surface area contributed by atoms with Crippen LogP contribution in [-0.2, 0) is 17.6 Å². The third kappa shape index (κ3) is 6.84. The molecule has 25 heavy (non-hydrogen) atoms. The van der Waals surface area contributed by atoms with Crippen molar-refractivity contribution in [3.63, 3.8) is 0 Å². The number of carbonyl (C=O) groups excluding carboxylic acids is 1. The van der Waals surface area contributed by atoms with E-state index in [0.717, 1.165) is 58.1 Å². The highest BCUT2D eigenvalue weighted by molar-refractivity contribution is 14.0. The van der Waals surface area contributed by atoms with Crippen LogP contribution in [-0.4, -0.2) is 60.9 Å². The highest BCUT2D eigenvalue weighted by atomic mass is 127. The molecule has 1 saturated heterocycles. The molecule has 5 nitrogen and oxygen atoms in total. The third-order valence-corrected chi connectivity index (χ3v) is 4.45. The molecule has 1 aliphatic heterocycles. The molecular formula is C19H31IN4O. The number of halogens is 1. The highest BCUT2D eigenvalue weighted by Crippen LogP contribution is 2.07. The Morgan fingerprint density at radius 3 is 2.12 bits per heavy atom. The number of guanidine groups is 1. The molecule has 1 aliphatic rings. The largest absolute Gasteiger partial charge is 0.357 e. The summed E-state index contributed by atoms with van der Waals surface area (Å²) < 4.78 is 0. The Morgan fingerprint density at radius 2 is 1.60 bits per heavy atom. The first-order valence-electron chi connectivity index (χ1n) is 9.00. The van der Waals surface area contributed by atoms with Gasteiger partial charge in [0.2, 0.25) is 5.91 Å². The SMILES string of the molecule is CCNC(=NCCc1ccc(CC)cc1)N1CCN(C(C)=O)CC1.I. The molecule has 2 rings (SSSR count). The molecule has 0 aliphatic carbocycles. The average Bonchev–Trinajstić information content (AvgIpc) is 2.61. The van der Waals surface area contributed by atoms with Gasteiger partial charge in [0.05, 0.1) is 0 Å². The summed E-state index contributed by atoms with van der Waals surface area (Å²) in [7, 11) is 0. The lowest BCUT2D eigenvalue weighted by Gasteiger charge is -2.36. The minimum Gasteiger partial charge on any atom is -0.357 e. The summed E-state index contributed by atoms with van der Waals surface area (Å²) in [6, 6.07) is 8.80. The smallest absolute Gasteiger partial charge is 0.219 e. The number of piperazine rings is 1. The molecule has 1 amide bonds. The molecule has 1 N–H and O–H groups in total. The van der Waals surface area contributed by atoms with Crippen molar-refractivity contribution >= 4 is 35.8 Å². The van der Waals surface area contributed by atoms with Gasteiger partial charge in [-0.15, -0.1) is 24.0 Å². The van der Waals surface area contributed by atoms with Crippen molar-refractivity contribution in [2.45, 2.75) is 33.6 Å². The maximum atomic E-state index is 11.4. The Balaban J connectivity index is 0.00000312. The van der Waals surface area contributed by atoms with Gasteiger partial charge in [-0.25, -0.2) is 0 Å². The van der Waals surface area contributed by atoms with E-state index in [9.17, 15) is 4.79 Å². The fourth-order valence-electron chi connectivity index (χ4n) is 2.89. The topological polar surface area (TPSA) is 47.9 Å². The van der Waals surface area contributed by atoms with Gasteiger partial charge in [-0.05, 0) is 30.9 Å². The van der Waals surface area contributed by atoms with Crippen LogP contribution in [0.25, 0.3) is 0 Å². The first-order valence-corrected chi connectivity index (χ1v) is 9.00. The monoisotopic (exact) mass is 458 g/mol. The van der Waals surface area contributed by atoms with Crippen LogP contribution in [0.4, 0.5) is 0 Å². The van der Waals surface area contributed by atoms with Gasteiger partial charge in [-0.2, -0.15) is 0 Å². The third-order valence-electron chi connectivity index (χ3n) is 4.45. The van der Waals surface area contributed by atoms with Crippen molar-refractivity contribution in [3.8, 4) is 0 Å². The molecule has 6 heteroatoms. The Bertz CT molecular complexity index is 551. The number of carbonyl (C=O) groups is 1. The Labute approximate surface area is 168 Å². The zero-order valence-corrected chi connectivity index (χ0v) is 18.0. The van der Waals surface area contributed by atoms with E-state index in [4.69, 9.17) is 4.99 Å². The van der Waals surface area contributed by atoms with Crippen LogP contribution >= 0.6 is 24.0 Å². The molecule has 0 radical (unpaired) electrons. The predicted molar refractivity (Wildman–Crippen MR) is 115 cm³/mol. The molecule has 0 saturated carbocycles. The van der Waals surface area contributed by atoms with E-state index in [1.165, 1.54) is 11.1 Å². The fraction of sp³-hybridized carbons (Fsp3) is 0.579. The Morgan fingerprint density at radius 1 is 1.04 bits per heavy atom. The van der Waals surface area contributed by atoms with E-state index in [2.05, 4.69) is 48.3 Å². The molecule has 0 atom stereocenters. The standard InChI is InChI=1S/C19H30N4O.HI/c1-4-17-6-8-18(9-7-17)10-11-21-19(20-5-2)23-14-12-22(13-15-23)16(3)24;/h6-9H,4-5,10-15H2,1-3H3,(H,20,21);1H. The predicted octanol–water partition coefficient (Wildman–Crippen LogP) is 2.54. The van der Waals surface area contributed by atoms with Gasteiger partial charge >= 0.3 is 0 Å². The summed E-state index contributed by atoms with van der Waals surface area (Å²) in [4.78, 5) is 20.4. The molecule has 140 valence electrons. The van der Waals surface area contributed by atoms with Crippen LogP contribution in [0.5, 0.6) is 0 Å². The number of hydrogen-bond acceptors (Lipinski definition) is 2. The summed E-state index contributed by atoms with van der Waals surface area (Å²) in [5.74, 6) is 1.12. The maximum Gasteiger partial charge on any atom is 0.219 e. The summed E-state index contributed by atoms with van der Waals surface area (Å²) in [6.07, 6.45) is 2.03. The number of aliphatic imine (C=N–C) groups is 1. The number of rotatable bonds is 5. The molecule has 1 aromatic rings. The minimum atomic E-state index is 0. The lowest BCUT2D eigenvalue weighted by atomic mass is 10.1. The number of hydrogen-bond donors (Lipinski definition) is 1. The molecular weight excluding hydrogens is 427 g/mol. The van der Waals surface area contributed by atoms with Gasteiger partial charge in [0.25, 0.3) is 0 Å². The first kappa shape index (κ1) is 21.7. The van der Waals surface area contributed by atoms with Crippen LogP contribution in [0, 0.1) is 0 Å². The van der Waals surface area contributed by atoms with Gasteiger partial charge in [0.15, 0.2) is 5.96 Å². The Hall–Kier alpha value is -1.31. The van der Waals surface area contributed by atoms with E-state index < -0.39 is 0 Å². The van der Waals surface area contributed by atoms with Gasteiger partial charge < -0.3 is 15.1 Å². The second-order valence-corrected chi connectivity index (χ2v) is 6.15. The zero-order valence-electron chi connectivity index (χ0n) is 15.6. The summed E-state index contributed by atoms with van der Waals surface area (Å²) >= 11 is 0. The lowest BCUT2D eigenvalue weighted by molar-refractivity contribution is -0.130. The molecule has 0 spiro atoms. The van der Waals surface area contributed by atoms with Crippen LogP contribution < -0.4 is 5.32 Å². The highest BCUT2D eigenvalue weighted by Gasteiger charge is 2.20. The quantitative estimate of drug-likeness (QED) is 0.419. The van der Waals surface area contributed by atoms with Gasteiger partial charge in [-0.3, -0.25) is 9.79 Å². The van der Waals surface area contributed by atoms with Crippen molar-refractivity contribution in [2.75, 3.05) is 39.3 Å². The van der Waals surface area contributed by atoms with Crippen LogP contribution in [0.15, 0.2) is 29.3 Å². The van der Waals surface area contributed by atoms with Crippen molar-refractivity contribution in [1.29, 1.82) is 0 Å². The number of amides is 1. The number of benzene rings is 1. The van der Waals surface area contributed by atoms with Gasteiger partial charge in [0, 0.05) is 46.2 Å². The van der Waals surface area contributed by atoms with E-state index in [0.29, 0.717) is 0 Å². The molecule has 1 fully saturated rings. The summed E-state index contributed by atoms with van der Waals surface area (Å²) in [6.45, 7) is 10.8. The molecule has 1 aromatic carbocycles. The van der Waals surface area contributed by atoms with Crippen molar-refractivity contribution in [3.05, 3.63) is 35.4 Å². The zero-order chi connectivity index (χ0) is 17.4. The lowest BCUT2D eigenvalue weighted by Crippen LogP contribution is -2.53. The van der Waals surface area contributed by atoms with E-state index in [1.54, 1.807) is 6.92 Å².